The van der Waals surface area contributed by atoms with Crippen LogP contribution in [0.1, 0.15) is 11.1 Å². The summed E-state index contributed by atoms with van der Waals surface area (Å²) in [6.45, 7) is 0.492. The summed E-state index contributed by atoms with van der Waals surface area (Å²) in [5, 5.41) is 21.5. The largest absolute Gasteiger partial charge is 0.480 e. The number of rotatable bonds is 8. The molecule has 0 aromatic heterocycles. The maximum atomic E-state index is 11.9. The van der Waals surface area contributed by atoms with Gasteiger partial charge >= 0.3 is 5.97 Å². The lowest BCUT2D eigenvalue weighted by Gasteiger charge is -2.11. The van der Waals surface area contributed by atoms with Crippen LogP contribution in [-0.4, -0.2) is 30.4 Å². The van der Waals surface area contributed by atoms with E-state index in [0.717, 1.165) is 27.9 Å². The number of hydrogen-bond acceptors (Lipinski definition) is 5. The fourth-order valence-electron chi connectivity index (χ4n) is 3.02. The average Bonchev–Trinajstić information content (AvgIpc) is 2.72. The van der Waals surface area contributed by atoms with Gasteiger partial charge in [0, 0.05) is 12.2 Å². The molecule has 29 heavy (non-hydrogen) atoms. The molecule has 3 rings (SSSR count). The molecule has 0 saturated heterocycles. The first-order valence-corrected chi connectivity index (χ1v) is 10.6. The second-order valence-electron chi connectivity index (χ2n) is 6.55. The fourth-order valence-corrected chi connectivity index (χ4v) is 4.06. The van der Waals surface area contributed by atoms with Gasteiger partial charge in [-0.3, -0.25) is 4.79 Å². The van der Waals surface area contributed by atoms with Crippen LogP contribution in [-0.2, 0) is 27.8 Å². The highest BCUT2D eigenvalue weighted by molar-refractivity contribution is 7.92. The first-order valence-electron chi connectivity index (χ1n) is 8.95. The Morgan fingerprint density at radius 2 is 1.66 bits per heavy atom. The van der Waals surface area contributed by atoms with Crippen molar-refractivity contribution >= 4 is 21.5 Å². The second kappa shape index (κ2) is 8.89. The summed E-state index contributed by atoms with van der Waals surface area (Å²) < 4.78 is 23.9. The molecule has 0 spiro atoms. The standard InChI is InChI=1S/C22H21NO5S/c24-14-18-5-1-2-7-21(18)17-6-3-4-16(12-17)13-23-19-8-10-20(11-9-19)29(27,28)15-22(25)26/h1-12,23-24H,13-15H2,(H,25,26). The van der Waals surface area contributed by atoms with E-state index in [-0.39, 0.29) is 11.5 Å². The molecule has 0 bridgehead atoms. The van der Waals surface area contributed by atoms with E-state index in [0.29, 0.717) is 6.54 Å². The van der Waals surface area contributed by atoms with Crippen molar-refractivity contribution in [3.8, 4) is 11.1 Å². The van der Waals surface area contributed by atoms with Gasteiger partial charge in [0.2, 0.25) is 0 Å². The maximum Gasteiger partial charge on any atom is 0.319 e. The van der Waals surface area contributed by atoms with E-state index in [2.05, 4.69) is 5.32 Å². The van der Waals surface area contributed by atoms with Gasteiger partial charge in [-0.25, -0.2) is 8.42 Å². The number of aliphatic hydroxyl groups excluding tert-OH is 1. The number of carbonyl (C=O) groups is 1. The van der Waals surface area contributed by atoms with Crippen LogP contribution in [0.4, 0.5) is 5.69 Å². The molecule has 0 radical (unpaired) electrons. The van der Waals surface area contributed by atoms with Gasteiger partial charge in [-0.15, -0.1) is 0 Å². The van der Waals surface area contributed by atoms with Crippen molar-refractivity contribution in [1.82, 2.24) is 0 Å². The Bertz CT molecular complexity index is 1110. The topological polar surface area (TPSA) is 104 Å². The molecular formula is C22H21NO5S. The van der Waals surface area contributed by atoms with Gasteiger partial charge in [-0.05, 0) is 52.6 Å². The summed E-state index contributed by atoms with van der Waals surface area (Å²) in [6, 6.07) is 21.6. The molecule has 0 fully saturated rings. The fraction of sp³-hybridized carbons (Fsp3) is 0.136. The molecule has 0 saturated carbocycles. The summed E-state index contributed by atoms with van der Waals surface area (Å²) in [5.41, 5.74) is 4.59. The third kappa shape index (κ3) is 5.22. The number of carboxylic acids is 1. The van der Waals surface area contributed by atoms with Crippen LogP contribution in [0.2, 0.25) is 0 Å². The summed E-state index contributed by atoms with van der Waals surface area (Å²) >= 11 is 0. The minimum absolute atomic E-state index is 0.0203. The van der Waals surface area contributed by atoms with Crippen LogP contribution in [0.5, 0.6) is 0 Å². The predicted octanol–water partition coefficient (Wildman–Crippen LogP) is 3.32. The van der Waals surface area contributed by atoms with Crippen LogP contribution in [0.3, 0.4) is 0 Å². The zero-order valence-corrected chi connectivity index (χ0v) is 16.4. The van der Waals surface area contributed by atoms with E-state index in [1.807, 2.05) is 48.5 Å². The first-order chi connectivity index (χ1) is 13.9. The van der Waals surface area contributed by atoms with Crippen LogP contribution < -0.4 is 5.32 Å². The number of aliphatic carboxylic acids is 1. The quantitative estimate of drug-likeness (QED) is 0.525. The smallest absolute Gasteiger partial charge is 0.319 e. The van der Waals surface area contributed by atoms with Crippen molar-refractivity contribution in [2.24, 2.45) is 0 Å². The monoisotopic (exact) mass is 411 g/mol. The van der Waals surface area contributed by atoms with Crippen molar-refractivity contribution in [1.29, 1.82) is 0 Å². The van der Waals surface area contributed by atoms with Gasteiger partial charge in [0.15, 0.2) is 15.6 Å². The third-order valence-electron chi connectivity index (χ3n) is 4.45. The normalized spacial score (nSPS) is 11.2. The highest BCUT2D eigenvalue weighted by atomic mass is 32.2. The minimum atomic E-state index is -3.83. The zero-order valence-electron chi connectivity index (χ0n) is 15.6. The molecule has 0 heterocycles. The molecule has 7 heteroatoms. The number of hydrogen-bond donors (Lipinski definition) is 3. The Hall–Kier alpha value is -3.16. The lowest BCUT2D eigenvalue weighted by atomic mass is 9.98. The average molecular weight is 411 g/mol. The number of carboxylic acid groups (broad SMARTS) is 1. The number of aliphatic hydroxyl groups is 1. The Balaban J connectivity index is 1.72. The van der Waals surface area contributed by atoms with Gasteiger partial charge in [0.05, 0.1) is 11.5 Å². The predicted molar refractivity (Wildman–Crippen MR) is 111 cm³/mol. The number of anilines is 1. The number of benzene rings is 3. The molecule has 0 unspecified atom stereocenters. The van der Waals surface area contributed by atoms with Crippen LogP contribution in [0.15, 0.2) is 77.7 Å². The van der Waals surface area contributed by atoms with Crippen LogP contribution in [0.25, 0.3) is 11.1 Å². The molecule has 6 nitrogen and oxygen atoms in total. The van der Waals surface area contributed by atoms with Gasteiger partial charge in [0.25, 0.3) is 0 Å². The Morgan fingerprint density at radius 1 is 0.931 bits per heavy atom. The molecule has 0 aliphatic carbocycles. The molecule has 3 aromatic rings. The second-order valence-corrected chi connectivity index (χ2v) is 8.54. The zero-order chi connectivity index (χ0) is 20.9. The molecule has 150 valence electrons. The lowest BCUT2D eigenvalue weighted by Crippen LogP contribution is -2.15. The molecule has 0 aliphatic heterocycles. The molecule has 3 aromatic carbocycles. The molecule has 3 N–H and O–H groups in total. The SMILES string of the molecule is O=C(O)CS(=O)(=O)c1ccc(NCc2cccc(-c3ccccc3CO)c2)cc1. The Labute approximate surface area is 169 Å². The van der Waals surface area contributed by atoms with Gasteiger partial charge in [0.1, 0.15) is 0 Å². The first kappa shape index (κ1) is 20.6. The van der Waals surface area contributed by atoms with Crippen molar-refractivity contribution < 1.29 is 23.4 Å². The van der Waals surface area contributed by atoms with Gasteiger partial charge in [-0.2, -0.15) is 0 Å². The van der Waals surface area contributed by atoms with Crippen molar-refractivity contribution in [2.45, 2.75) is 18.0 Å². The van der Waals surface area contributed by atoms with E-state index in [1.54, 1.807) is 12.1 Å². The van der Waals surface area contributed by atoms with Gasteiger partial charge in [-0.1, -0.05) is 42.5 Å². The van der Waals surface area contributed by atoms with E-state index >= 15 is 0 Å². The van der Waals surface area contributed by atoms with E-state index < -0.39 is 21.6 Å². The molecule has 0 amide bonds. The Kier molecular flexibility index (Phi) is 6.31. The number of nitrogens with one attached hydrogen (secondary N) is 1. The summed E-state index contributed by atoms with van der Waals surface area (Å²) in [6.07, 6.45) is 0. The third-order valence-corrected chi connectivity index (χ3v) is 6.07. The highest BCUT2D eigenvalue weighted by Gasteiger charge is 2.18. The highest BCUT2D eigenvalue weighted by Crippen LogP contribution is 2.25. The Morgan fingerprint density at radius 3 is 2.34 bits per heavy atom. The molecule has 0 aliphatic rings. The van der Waals surface area contributed by atoms with Crippen molar-refractivity contribution in [2.75, 3.05) is 11.1 Å². The minimum Gasteiger partial charge on any atom is -0.480 e. The number of sulfone groups is 1. The van der Waals surface area contributed by atoms with E-state index in [4.69, 9.17) is 5.11 Å². The summed E-state index contributed by atoms with van der Waals surface area (Å²) in [7, 11) is -3.83. The van der Waals surface area contributed by atoms with E-state index in [9.17, 15) is 18.3 Å². The molecular weight excluding hydrogens is 390 g/mol. The van der Waals surface area contributed by atoms with Crippen molar-refractivity contribution in [3.63, 3.8) is 0 Å². The molecule has 0 atom stereocenters. The lowest BCUT2D eigenvalue weighted by molar-refractivity contribution is -0.134. The maximum absolute atomic E-state index is 11.9. The van der Waals surface area contributed by atoms with Crippen molar-refractivity contribution in [3.05, 3.63) is 83.9 Å². The van der Waals surface area contributed by atoms with Gasteiger partial charge < -0.3 is 15.5 Å². The van der Waals surface area contributed by atoms with Crippen LogP contribution in [0, 0.1) is 0 Å². The summed E-state index contributed by atoms with van der Waals surface area (Å²) in [4.78, 5) is 10.7. The van der Waals surface area contributed by atoms with Crippen LogP contribution >= 0.6 is 0 Å². The van der Waals surface area contributed by atoms with E-state index in [1.165, 1.54) is 12.1 Å². The summed E-state index contributed by atoms with van der Waals surface area (Å²) in [5.74, 6) is -2.31.